The standard InChI is InChI=1S/C23H14F2N4O2S/c24-15-8-9-20(18(25)11-15)29-22(31)17-6-1-2-7-19(17)28-23(29)32-13-21(30)27-16-5-3-4-14(10-16)12-26/h1-11H,13H2,(H,27,30). The van der Waals surface area contributed by atoms with Gasteiger partial charge in [-0.3, -0.25) is 14.2 Å². The number of aromatic nitrogens is 2. The normalized spacial score (nSPS) is 10.7. The summed E-state index contributed by atoms with van der Waals surface area (Å²) in [4.78, 5) is 30.0. The summed E-state index contributed by atoms with van der Waals surface area (Å²) in [5.41, 5.74) is 0.529. The Hall–Kier alpha value is -4.03. The van der Waals surface area contributed by atoms with Gasteiger partial charge in [-0.05, 0) is 42.5 Å². The van der Waals surface area contributed by atoms with Crippen molar-refractivity contribution in [2.75, 3.05) is 11.1 Å². The molecule has 0 bridgehead atoms. The largest absolute Gasteiger partial charge is 0.325 e. The maximum Gasteiger partial charge on any atom is 0.266 e. The predicted octanol–water partition coefficient (Wildman–Crippen LogP) is 4.27. The van der Waals surface area contributed by atoms with Gasteiger partial charge in [-0.15, -0.1) is 0 Å². The molecule has 0 aliphatic carbocycles. The minimum atomic E-state index is -0.927. The summed E-state index contributed by atoms with van der Waals surface area (Å²) in [5, 5.41) is 12.0. The molecule has 4 rings (SSSR count). The summed E-state index contributed by atoms with van der Waals surface area (Å²) in [5.74, 6) is -2.24. The van der Waals surface area contributed by atoms with E-state index >= 15 is 0 Å². The van der Waals surface area contributed by atoms with Crippen LogP contribution in [0.15, 0.2) is 76.7 Å². The van der Waals surface area contributed by atoms with Gasteiger partial charge in [0, 0.05) is 11.8 Å². The molecule has 4 aromatic rings. The van der Waals surface area contributed by atoms with Crippen LogP contribution in [-0.4, -0.2) is 21.2 Å². The second-order valence-electron chi connectivity index (χ2n) is 6.68. The number of para-hydroxylation sites is 1. The highest BCUT2D eigenvalue weighted by atomic mass is 32.2. The Balaban J connectivity index is 1.69. The molecule has 1 amide bonds. The number of thioether (sulfide) groups is 1. The number of rotatable bonds is 5. The molecule has 0 fully saturated rings. The van der Waals surface area contributed by atoms with Gasteiger partial charge in [-0.2, -0.15) is 5.26 Å². The summed E-state index contributed by atoms with van der Waals surface area (Å²) in [6.45, 7) is 0. The highest BCUT2D eigenvalue weighted by molar-refractivity contribution is 7.99. The zero-order valence-electron chi connectivity index (χ0n) is 16.4. The molecule has 6 nitrogen and oxygen atoms in total. The fourth-order valence-corrected chi connectivity index (χ4v) is 3.88. The number of anilines is 1. The van der Waals surface area contributed by atoms with E-state index in [-0.39, 0.29) is 22.0 Å². The van der Waals surface area contributed by atoms with E-state index in [0.717, 1.165) is 28.5 Å². The number of nitrogens with one attached hydrogen (secondary N) is 1. The van der Waals surface area contributed by atoms with Crippen molar-refractivity contribution in [2.24, 2.45) is 0 Å². The van der Waals surface area contributed by atoms with Gasteiger partial charge >= 0.3 is 0 Å². The molecule has 9 heteroatoms. The lowest BCUT2D eigenvalue weighted by Gasteiger charge is -2.14. The summed E-state index contributed by atoms with van der Waals surface area (Å²) in [6.07, 6.45) is 0. The van der Waals surface area contributed by atoms with Crippen LogP contribution in [-0.2, 0) is 4.79 Å². The minimum absolute atomic E-state index is 0.0835. The first-order chi connectivity index (χ1) is 15.5. The lowest BCUT2D eigenvalue weighted by molar-refractivity contribution is -0.113. The summed E-state index contributed by atoms with van der Waals surface area (Å²) >= 11 is 0.935. The fourth-order valence-electron chi connectivity index (χ4n) is 3.08. The zero-order chi connectivity index (χ0) is 22.7. The van der Waals surface area contributed by atoms with E-state index in [0.29, 0.717) is 22.8 Å². The van der Waals surface area contributed by atoms with Gasteiger partial charge in [-0.1, -0.05) is 30.0 Å². The lowest BCUT2D eigenvalue weighted by Crippen LogP contribution is -2.23. The van der Waals surface area contributed by atoms with E-state index in [1.54, 1.807) is 42.5 Å². The van der Waals surface area contributed by atoms with Crippen molar-refractivity contribution < 1.29 is 13.6 Å². The van der Waals surface area contributed by atoms with E-state index in [4.69, 9.17) is 5.26 Å². The molecule has 1 aromatic heterocycles. The summed E-state index contributed by atoms with van der Waals surface area (Å²) < 4.78 is 29.0. The number of fused-ring (bicyclic) bond motifs is 1. The number of hydrogen-bond donors (Lipinski definition) is 1. The second kappa shape index (κ2) is 8.99. The van der Waals surface area contributed by atoms with Crippen LogP contribution in [0.5, 0.6) is 0 Å². The zero-order valence-corrected chi connectivity index (χ0v) is 17.2. The van der Waals surface area contributed by atoms with Crippen LogP contribution >= 0.6 is 11.8 Å². The van der Waals surface area contributed by atoms with Crippen LogP contribution in [0.25, 0.3) is 16.6 Å². The number of benzene rings is 3. The van der Waals surface area contributed by atoms with Crippen molar-refractivity contribution in [3.05, 3.63) is 94.3 Å². The van der Waals surface area contributed by atoms with Gasteiger partial charge in [0.05, 0.1) is 34.0 Å². The number of nitriles is 1. The van der Waals surface area contributed by atoms with Gasteiger partial charge in [0.15, 0.2) is 5.16 Å². The Morgan fingerprint density at radius 3 is 2.69 bits per heavy atom. The maximum absolute atomic E-state index is 14.5. The number of nitrogens with zero attached hydrogens (tertiary/aromatic N) is 3. The molecular formula is C23H14F2N4O2S. The lowest BCUT2D eigenvalue weighted by atomic mass is 10.2. The first-order valence-corrected chi connectivity index (χ1v) is 10.3. The SMILES string of the molecule is N#Cc1cccc(NC(=O)CSc2nc3ccccc3c(=O)n2-c2ccc(F)cc2F)c1. The van der Waals surface area contributed by atoms with Gasteiger partial charge < -0.3 is 5.32 Å². The topological polar surface area (TPSA) is 87.8 Å². The third kappa shape index (κ3) is 4.36. The van der Waals surface area contributed by atoms with E-state index in [1.807, 2.05) is 6.07 Å². The molecule has 0 aliphatic heterocycles. The Kier molecular flexibility index (Phi) is 5.96. The van der Waals surface area contributed by atoms with Crippen molar-refractivity contribution in [1.82, 2.24) is 9.55 Å². The Labute approximate surface area is 185 Å². The van der Waals surface area contributed by atoms with Crippen LogP contribution < -0.4 is 10.9 Å². The molecule has 158 valence electrons. The first-order valence-electron chi connectivity index (χ1n) is 9.36. The van der Waals surface area contributed by atoms with E-state index < -0.39 is 23.1 Å². The van der Waals surface area contributed by atoms with Crippen molar-refractivity contribution in [1.29, 1.82) is 5.26 Å². The smallest absolute Gasteiger partial charge is 0.266 e. The molecule has 0 saturated heterocycles. The van der Waals surface area contributed by atoms with Crippen LogP contribution in [0.1, 0.15) is 5.56 Å². The number of halogens is 2. The molecule has 0 aliphatic rings. The van der Waals surface area contributed by atoms with Gasteiger partial charge in [0.25, 0.3) is 5.56 Å². The highest BCUT2D eigenvalue weighted by Gasteiger charge is 2.17. The van der Waals surface area contributed by atoms with Crippen LogP contribution in [0.4, 0.5) is 14.5 Å². The van der Waals surface area contributed by atoms with Gasteiger partial charge in [-0.25, -0.2) is 13.8 Å². The number of carbonyl (C=O) groups is 1. The van der Waals surface area contributed by atoms with E-state index in [9.17, 15) is 18.4 Å². The average molecular weight is 448 g/mol. The monoisotopic (exact) mass is 448 g/mol. The minimum Gasteiger partial charge on any atom is -0.325 e. The molecule has 0 atom stereocenters. The quantitative estimate of drug-likeness (QED) is 0.364. The van der Waals surface area contributed by atoms with Crippen molar-refractivity contribution >= 4 is 34.3 Å². The van der Waals surface area contributed by atoms with Crippen LogP contribution in [0, 0.1) is 23.0 Å². The Morgan fingerprint density at radius 2 is 1.91 bits per heavy atom. The Morgan fingerprint density at radius 1 is 1.09 bits per heavy atom. The molecule has 0 saturated carbocycles. The third-order valence-corrected chi connectivity index (χ3v) is 5.44. The maximum atomic E-state index is 14.5. The number of hydrogen-bond acceptors (Lipinski definition) is 5. The summed E-state index contributed by atoms with van der Waals surface area (Å²) in [6, 6.07) is 17.9. The van der Waals surface area contributed by atoms with Crippen molar-refractivity contribution in [2.45, 2.75) is 5.16 Å². The molecule has 0 radical (unpaired) electrons. The molecule has 1 heterocycles. The predicted molar refractivity (Wildman–Crippen MR) is 118 cm³/mol. The van der Waals surface area contributed by atoms with Gasteiger partial charge in [0.1, 0.15) is 11.6 Å². The average Bonchev–Trinajstić information content (AvgIpc) is 2.79. The molecule has 0 unspecified atom stereocenters. The molecule has 1 N–H and O–H groups in total. The van der Waals surface area contributed by atoms with Crippen LogP contribution in [0.3, 0.4) is 0 Å². The highest BCUT2D eigenvalue weighted by Crippen LogP contribution is 2.23. The van der Waals surface area contributed by atoms with Crippen LogP contribution in [0.2, 0.25) is 0 Å². The molecular weight excluding hydrogens is 434 g/mol. The van der Waals surface area contributed by atoms with E-state index in [2.05, 4.69) is 10.3 Å². The Bertz CT molecular complexity index is 1450. The summed E-state index contributed by atoms with van der Waals surface area (Å²) in [7, 11) is 0. The fraction of sp³-hybridized carbons (Fsp3) is 0.0435. The number of amides is 1. The van der Waals surface area contributed by atoms with Crippen molar-refractivity contribution in [3.8, 4) is 11.8 Å². The first kappa shape index (κ1) is 21.2. The van der Waals surface area contributed by atoms with E-state index in [1.165, 1.54) is 6.07 Å². The number of carbonyl (C=O) groups excluding carboxylic acids is 1. The molecule has 3 aromatic carbocycles. The second-order valence-corrected chi connectivity index (χ2v) is 7.62. The molecule has 0 spiro atoms. The third-order valence-electron chi connectivity index (χ3n) is 4.50. The van der Waals surface area contributed by atoms with Crippen molar-refractivity contribution in [3.63, 3.8) is 0 Å². The molecule has 32 heavy (non-hydrogen) atoms. The van der Waals surface area contributed by atoms with Gasteiger partial charge in [0.2, 0.25) is 5.91 Å².